The molecule has 1 heterocycles. The van der Waals surface area contributed by atoms with E-state index in [0.29, 0.717) is 5.88 Å². The molecule has 17 heavy (non-hydrogen) atoms. The summed E-state index contributed by atoms with van der Waals surface area (Å²) in [6.45, 7) is 0.762. The number of alkyl halides is 1. The first-order valence-electron chi connectivity index (χ1n) is 6.27. The van der Waals surface area contributed by atoms with E-state index < -0.39 is 0 Å². The Hall–Kier alpha value is -0.540. The summed E-state index contributed by atoms with van der Waals surface area (Å²) < 4.78 is 0. The fourth-order valence-corrected chi connectivity index (χ4v) is 3.49. The van der Waals surface area contributed by atoms with Gasteiger partial charge < -0.3 is 5.32 Å². The average Bonchev–Trinajstić information content (AvgIpc) is 2.88. The Kier molecular flexibility index (Phi) is 4.86. The zero-order chi connectivity index (χ0) is 12.1. The second-order valence-electron chi connectivity index (χ2n) is 4.42. The standard InChI is InChI=1S/C13H18ClNOS/c14-7-2-1-3-8-15-13(16)12-9-10-5-4-6-11(10)17-12/h9H,1-8H2,(H,15,16). The Bertz CT molecular complexity index is 367. The molecule has 1 aromatic rings. The Morgan fingerprint density at radius 2 is 2.24 bits per heavy atom. The van der Waals surface area contributed by atoms with E-state index in [1.54, 1.807) is 11.3 Å². The molecule has 0 aliphatic heterocycles. The number of amides is 1. The number of thiophene rings is 1. The molecule has 1 N–H and O–H groups in total. The first-order chi connectivity index (χ1) is 8.31. The molecule has 0 aromatic carbocycles. The molecule has 0 saturated carbocycles. The highest BCUT2D eigenvalue weighted by atomic mass is 35.5. The van der Waals surface area contributed by atoms with Gasteiger partial charge in [-0.2, -0.15) is 0 Å². The van der Waals surface area contributed by atoms with Gasteiger partial charge in [0.1, 0.15) is 0 Å². The molecule has 0 fully saturated rings. The van der Waals surface area contributed by atoms with Crippen molar-refractivity contribution in [3.63, 3.8) is 0 Å². The van der Waals surface area contributed by atoms with E-state index in [9.17, 15) is 4.79 Å². The second kappa shape index (κ2) is 6.41. The van der Waals surface area contributed by atoms with Crippen molar-refractivity contribution in [3.05, 3.63) is 21.4 Å². The van der Waals surface area contributed by atoms with Crippen LogP contribution in [0.5, 0.6) is 0 Å². The van der Waals surface area contributed by atoms with Gasteiger partial charge in [0.05, 0.1) is 4.88 Å². The summed E-state index contributed by atoms with van der Waals surface area (Å²) in [6.07, 6.45) is 6.69. The van der Waals surface area contributed by atoms with Crippen LogP contribution in [0.1, 0.15) is 45.8 Å². The smallest absolute Gasteiger partial charge is 0.261 e. The molecule has 1 aliphatic carbocycles. The van der Waals surface area contributed by atoms with Crippen LogP contribution in [0, 0.1) is 0 Å². The molecule has 0 atom stereocenters. The fourth-order valence-electron chi connectivity index (χ4n) is 2.13. The summed E-state index contributed by atoms with van der Waals surface area (Å²) >= 11 is 7.26. The van der Waals surface area contributed by atoms with Crippen LogP contribution >= 0.6 is 22.9 Å². The number of hydrogen-bond acceptors (Lipinski definition) is 2. The molecule has 0 unspecified atom stereocenters. The van der Waals surface area contributed by atoms with Crippen LogP contribution in [0.4, 0.5) is 0 Å². The van der Waals surface area contributed by atoms with Crippen molar-refractivity contribution in [3.8, 4) is 0 Å². The van der Waals surface area contributed by atoms with Gasteiger partial charge in [0.2, 0.25) is 0 Å². The molecular weight excluding hydrogens is 254 g/mol. The lowest BCUT2D eigenvalue weighted by Gasteiger charge is -2.02. The molecule has 2 rings (SSSR count). The van der Waals surface area contributed by atoms with Crippen LogP contribution in [0.3, 0.4) is 0 Å². The number of rotatable bonds is 6. The first kappa shape index (κ1) is 12.9. The number of aryl methyl sites for hydroxylation is 2. The number of carbonyl (C=O) groups is 1. The number of fused-ring (bicyclic) bond motifs is 1. The van der Waals surface area contributed by atoms with E-state index in [4.69, 9.17) is 11.6 Å². The summed E-state index contributed by atoms with van der Waals surface area (Å²) in [6, 6.07) is 2.07. The predicted octanol–water partition coefficient (Wildman–Crippen LogP) is 3.38. The van der Waals surface area contributed by atoms with E-state index in [-0.39, 0.29) is 5.91 Å². The van der Waals surface area contributed by atoms with Gasteiger partial charge in [-0.25, -0.2) is 0 Å². The lowest BCUT2D eigenvalue weighted by molar-refractivity contribution is 0.0957. The molecule has 0 radical (unpaired) electrons. The minimum atomic E-state index is 0.0928. The maximum Gasteiger partial charge on any atom is 0.261 e. The van der Waals surface area contributed by atoms with E-state index in [0.717, 1.165) is 43.5 Å². The molecule has 1 aromatic heterocycles. The number of nitrogens with one attached hydrogen (secondary N) is 1. The quantitative estimate of drug-likeness (QED) is 0.624. The molecule has 1 aliphatic rings. The average molecular weight is 272 g/mol. The lowest BCUT2D eigenvalue weighted by atomic mass is 10.2. The summed E-state index contributed by atoms with van der Waals surface area (Å²) in [5.41, 5.74) is 1.39. The Morgan fingerprint density at radius 3 is 3.00 bits per heavy atom. The number of hydrogen-bond donors (Lipinski definition) is 1. The predicted molar refractivity (Wildman–Crippen MR) is 73.2 cm³/mol. The van der Waals surface area contributed by atoms with E-state index in [2.05, 4.69) is 11.4 Å². The van der Waals surface area contributed by atoms with Crippen LogP contribution in [0.25, 0.3) is 0 Å². The molecule has 4 heteroatoms. The lowest BCUT2D eigenvalue weighted by Crippen LogP contribution is -2.23. The van der Waals surface area contributed by atoms with Crippen molar-refractivity contribution in [1.82, 2.24) is 5.32 Å². The monoisotopic (exact) mass is 271 g/mol. The minimum absolute atomic E-state index is 0.0928. The van der Waals surface area contributed by atoms with E-state index in [1.807, 2.05) is 0 Å². The normalized spacial score (nSPS) is 13.7. The van der Waals surface area contributed by atoms with Gasteiger partial charge in [-0.05, 0) is 43.7 Å². The van der Waals surface area contributed by atoms with Crippen molar-refractivity contribution in [2.45, 2.75) is 38.5 Å². The zero-order valence-corrected chi connectivity index (χ0v) is 11.5. The van der Waals surface area contributed by atoms with Crippen LogP contribution in [-0.2, 0) is 12.8 Å². The van der Waals surface area contributed by atoms with E-state index >= 15 is 0 Å². The fraction of sp³-hybridized carbons (Fsp3) is 0.615. The third kappa shape index (κ3) is 3.46. The maximum atomic E-state index is 11.9. The summed E-state index contributed by atoms with van der Waals surface area (Å²) in [5, 5.41) is 2.97. The summed E-state index contributed by atoms with van der Waals surface area (Å²) in [5.74, 6) is 0.807. The topological polar surface area (TPSA) is 29.1 Å². The largest absolute Gasteiger partial charge is 0.351 e. The highest BCUT2D eigenvalue weighted by molar-refractivity contribution is 7.14. The van der Waals surface area contributed by atoms with Gasteiger partial charge in [0.15, 0.2) is 0 Å². The van der Waals surface area contributed by atoms with Crippen LogP contribution < -0.4 is 5.32 Å². The maximum absolute atomic E-state index is 11.9. The number of unbranched alkanes of at least 4 members (excludes halogenated alkanes) is 2. The van der Waals surface area contributed by atoms with Gasteiger partial charge in [0.25, 0.3) is 5.91 Å². The third-order valence-corrected chi connectivity index (χ3v) is 4.57. The number of carbonyl (C=O) groups excluding carboxylic acids is 1. The summed E-state index contributed by atoms with van der Waals surface area (Å²) in [7, 11) is 0. The zero-order valence-electron chi connectivity index (χ0n) is 9.93. The van der Waals surface area contributed by atoms with Gasteiger partial charge in [-0.1, -0.05) is 6.42 Å². The third-order valence-electron chi connectivity index (χ3n) is 3.07. The van der Waals surface area contributed by atoms with Gasteiger partial charge in [-0.3, -0.25) is 4.79 Å². The highest BCUT2D eigenvalue weighted by Crippen LogP contribution is 2.30. The van der Waals surface area contributed by atoms with Crippen molar-refractivity contribution in [2.24, 2.45) is 0 Å². The Labute approximate surface area is 111 Å². The van der Waals surface area contributed by atoms with Gasteiger partial charge in [0, 0.05) is 17.3 Å². The minimum Gasteiger partial charge on any atom is -0.351 e. The van der Waals surface area contributed by atoms with E-state index in [1.165, 1.54) is 16.9 Å². The van der Waals surface area contributed by atoms with Gasteiger partial charge in [-0.15, -0.1) is 22.9 Å². The van der Waals surface area contributed by atoms with Crippen molar-refractivity contribution in [2.75, 3.05) is 12.4 Å². The van der Waals surface area contributed by atoms with Crippen molar-refractivity contribution < 1.29 is 4.79 Å². The Balaban J connectivity index is 1.75. The molecular formula is C13H18ClNOS. The van der Waals surface area contributed by atoms with Crippen molar-refractivity contribution in [1.29, 1.82) is 0 Å². The SMILES string of the molecule is O=C(NCCCCCCl)c1cc2c(s1)CCC2. The molecule has 1 amide bonds. The second-order valence-corrected chi connectivity index (χ2v) is 5.93. The summed E-state index contributed by atoms with van der Waals surface area (Å²) in [4.78, 5) is 14.2. The first-order valence-corrected chi connectivity index (χ1v) is 7.62. The van der Waals surface area contributed by atoms with Crippen LogP contribution in [-0.4, -0.2) is 18.3 Å². The molecule has 2 nitrogen and oxygen atoms in total. The molecule has 0 spiro atoms. The van der Waals surface area contributed by atoms with Crippen molar-refractivity contribution >= 4 is 28.8 Å². The molecule has 0 bridgehead atoms. The Morgan fingerprint density at radius 1 is 1.35 bits per heavy atom. The highest BCUT2D eigenvalue weighted by Gasteiger charge is 2.17. The van der Waals surface area contributed by atoms with Crippen LogP contribution in [0.2, 0.25) is 0 Å². The molecule has 0 saturated heterocycles. The van der Waals surface area contributed by atoms with Gasteiger partial charge >= 0.3 is 0 Å². The van der Waals surface area contributed by atoms with Crippen LogP contribution in [0.15, 0.2) is 6.07 Å². The number of halogens is 1. The molecule has 94 valence electrons.